The second-order valence-electron chi connectivity index (χ2n) is 3.37. The first kappa shape index (κ1) is 14.3. The highest BCUT2D eigenvalue weighted by Crippen LogP contribution is 2.23. The van der Waals surface area contributed by atoms with E-state index in [-0.39, 0.29) is 32.2 Å². The Bertz CT molecular complexity index is 392. The number of halogens is 2. The normalized spacial score (nSPS) is 10.4. The van der Waals surface area contributed by atoms with Gasteiger partial charge in [-0.25, -0.2) is 0 Å². The molecule has 0 aliphatic rings. The molecule has 0 saturated carbocycles. The molecule has 0 saturated heterocycles. The first-order chi connectivity index (χ1) is 8.10. The molecule has 0 bridgehead atoms. The number of aliphatic hydroxyl groups is 2. The molecule has 4 nitrogen and oxygen atoms in total. The van der Waals surface area contributed by atoms with Gasteiger partial charge >= 0.3 is 0 Å². The second kappa shape index (κ2) is 6.81. The lowest BCUT2D eigenvalue weighted by Gasteiger charge is -2.20. The Labute approximate surface area is 109 Å². The zero-order valence-corrected chi connectivity index (χ0v) is 10.6. The van der Waals surface area contributed by atoms with Crippen LogP contribution in [0.15, 0.2) is 18.2 Å². The fraction of sp³-hybridized carbons (Fsp3) is 0.364. The minimum Gasteiger partial charge on any atom is -0.395 e. The Morgan fingerprint density at radius 3 is 2.18 bits per heavy atom. The first-order valence-corrected chi connectivity index (χ1v) is 5.81. The molecular formula is C11H13Cl2NO3. The third-order valence-electron chi connectivity index (χ3n) is 2.19. The van der Waals surface area contributed by atoms with Crippen LogP contribution in [0.25, 0.3) is 0 Å². The van der Waals surface area contributed by atoms with Gasteiger partial charge in [-0.1, -0.05) is 23.2 Å². The molecule has 0 aliphatic carbocycles. The molecule has 17 heavy (non-hydrogen) atoms. The molecular weight excluding hydrogens is 265 g/mol. The van der Waals surface area contributed by atoms with E-state index < -0.39 is 0 Å². The van der Waals surface area contributed by atoms with E-state index in [2.05, 4.69) is 0 Å². The van der Waals surface area contributed by atoms with Gasteiger partial charge in [0.15, 0.2) is 0 Å². The number of hydrogen-bond acceptors (Lipinski definition) is 3. The number of carbonyl (C=O) groups is 1. The lowest BCUT2D eigenvalue weighted by molar-refractivity contribution is 0.0685. The topological polar surface area (TPSA) is 60.8 Å². The average Bonchev–Trinajstić information content (AvgIpc) is 2.31. The summed E-state index contributed by atoms with van der Waals surface area (Å²) in [6.07, 6.45) is 0. The van der Waals surface area contributed by atoms with Crippen molar-refractivity contribution in [3.05, 3.63) is 33.8 Å². The zero-order valence-electron chi connectivity index (χ0n) is 9.07. The summed E-state index contributed by atoms with van der Waals surface area (Å²) in [5.41, 5.74) is 0.376. The van der Waals surface area contributed by atoms with Crippen LogP contribution in [-0.4, -0.2) is 47.3 Å². The Kier molecular flexibility index (Phi) is 5.71. The molecule has 0 radical (unpaired) electrons. The maximum absolute atomic E-state index is 12.0. The number of carbonyl (C=O) groups excluding carboxylic acids is 1. The Morgan fingerprint density at radius 2 is 1.71 bits per heavy atom. The Morgan fingerprint density at radius 1 is 1.12 bits per heavy atom. The SMILES string of the molecule is O=C(c1ccc(Cl)c(Cl)c1)N(CCO)CCO. The molecule has 2 N–H and O–H groups in total. The highest BCUT2D eigenvalue weighted by molar-refractivity contribution is 6.42. The minimum absolute atomic E-state index is 0.160. The van der Waals surface area contributed by atoms with Gasteiger partial charge in [-0.3, -0.25) is 4.79 Å². The van der Waals surface area contributed by atoms with Crippen LogP contribution < -0.4 is 0 Å². The summed E-state index contributed by atoms with van der Waals surface area (Å²) in [6, 6.07) is 4.56. The van der Waals surface area contributed by atoms with Crippen molar-refractivity contribution in [1.82, 2.24) is 4.90 Å². The largest absolute Gasteiger partial charge is 0.395 e. The molecule has 0 aromatic heterocycles. The number of rotatable bonds is 5. The fourth-order valence-electron chi connectivity index (χ4n) is 1.37. The van der Waals surface area contributed by atoms with Crippen LogP contribution in [0.2, 0.25) is 10.0 Å². The molecule has 1 amide bonds. The van der Waals surface area contributed by atoms with Crippen molar-refractivity contribution >= 4 is 29.1 Å². The summed E-state index contributed by atoms with van der Waals surface area (Å²) < 4.78 is 0. The highest BCUT2D eigenvalue weighted by atomic mass is 35.5. The molecule has 1 rings (SSSR count). The number of amides is 1. The van der Waals surface area contributed by atoms with E-state index in [0.29, 0.717) is 15.6 Å². The molecule has 0 atom stereocenters. The van der Waals surface area contributed by atoms with E-state index in [1.165, 1.54) is 17.0 Å². The van der Waals surface area contributed by atoms with E-state index in [4.69, 9.17) is 33.4 Å². The van der Waals surface area contributed by atoms with Crippen molar-refractivity contribution in [3.63, 3.8) is 0 Å². The van der Waals surface area contributed by atoms with Crippen molar-refractivity contribution in [2.45, 2.75) is 0 Å². The van der Waals surface area contributed by atoms with Gasteiger partial charge in [0.1, 0.15) is 0 Å². The molecule has 0 aliphatic heterocycles. The monoisotopic (exact) mass is 277 g/mol. The quantitative estimate of drug-likeness (QED) is 0.856. The van der Waals surface area contributed by atoms with Gasteiger partial charge in [0.2, 0.25) is 0 Å². The molecule has 94 valence electrons. The molecule has 0 fully saturated rings. The van der Waals surface area contributed by atoms with Crippen LogP contribution in [0, 0.1) is 0 Å². The van der Waals surface area contributed by atoms with Crippen molar-refractivity contribution in [2.75, 3.05) is 26.3 Å². The number of hydrogen-bond donors (Lipinski definition) is 2. The number of aliphatic hydroxyl groups excluding tert-OH is 2. The zero-order chi connectivity index (χ0) is 12.8. The predicted molar refractivity (Wildman–Crippen MR) is 66.5 cm³/mol. The molecule has 1 aromatic carbocycles. The maximum Gasteiger partial charge on any atom is 0.254 e. The molecule has 1 aromatic rings. The summed E-state index contributed by atoms with van der Waals surface area (Å²) in [5, 5.41) is 18.3. The average molecular weight is 278 g/mol. The molecule has 0 unspecified atom stereocenters. The third-order valence-corrected chi connectivity index (χ3v) is 2.93. The van der Waals surface area contributed by atoms with E-state index >= 15 is 0 Å². The van der Waals surface area contributed by atoms with Gasteiger partial charge in [0.05, 0.1) is 23.3 Å². The van der Waals surface area contributed by atoms with Gasteiger partial charge in [-0.2, -0.15) is 0 Å². The summed E-state index contributed by atoms with van der Waals surface area (Å²) in [4.78, 5) is 13.3. The van der Waals surface area contributed by atoms with Crippen LogP contribution in [0.4, 0.5) is 0 Å². The smallest absolute Gasteiger partial charge is 0.254 e. The van der Waals surface area contributed by atoms with E-state index in [9.17, 15) is 4.79 Å². The molecule has 0 spiro atoms. The highest BCUT2D eigenvalue weighted by Gasteiger charge is 2.15. The van der Waals surface area contributed by atoms with E-state index in [0.717, 1.165) is 0 Å². The number of nitrogens with zero attached hydrogens (tertiary/aromatic N) is 1. The van der Waals surface area contributed by atoms with Crippen molar-refractivity contribution in [3.8, 4) is 0 Å². The standard InChI is InChI=1S/C11H13Cl2NO3/c12-9-2-1-8(7-10(9)13)11(17)14(3-5-15)4-6-16/h1-2,7,15-16H,3-6H2. The molecule has 6 heteroatoms. The predicted octanol–water partition coefficient (Wildman–Crippen LogP) is 1.42. The van der Waals surface area contributed by atoms with Crippen LogP contribution in [-0.2, 0) is 0 Å². The van der Waals surface area contributed by atoms with Gasteiger partial charge in [0.25, 0.3) is 5.91 Å². The Hall–Kier alpha value is -0.810. The van der Waals surface area contributed by atoms with E-state index in [1.807, 2.05) is 0 Å². The summed E-state index contributed by atoms with van der Waals surface area (Å²) in [7, 11) is 0. The lowest BCUT2D eigenvalue weighted by Crippen LogP contribution is -2.35. The van der Waals surface area contributed by atoms with Gasteiger partial charge in [-0.15, -0.1) is 0 Å². The van der Waals surface area contributed by atoms with Crippen LogP contribution in [0.3, 0.4) is 0 Å². The van der Waals surface area contributed by atoms with Gasteiger partial charge < -0.3 is 15.1 Å². The third kappa shape index (κ3) is 3.85. The Balaban J connectivity index is 2.88. The second-order valence-corrected chi connectivity index (χ2v) is 4.18. The number of benzene rings is 1. The molecule has 0 heterocycles. The van der Waals surface area contributed by atoms with Crippen molar-refractivity contribution in [2.24, 2.45) is 0 Å². The van der Waals surface area contributed by atoms with E-state index in [1.54, 1.807) is 6.07 Å². The maximum atomic E-state index is 12.0. The minimum atomic E-state index is -0.299. The van der Waals surface area contributed by atoms with Crippen molar-refractivity contribution in [1.29, 1.82) is 0 Å². The van der Waals surface area contributed by atoms with Crippen LogP contribution in [0.5, 0.6) is 0 Å². The summed E-state index contributed by atoms with van der Waals surface area (Å²) in [6.45, 7) is 0.0133. The van der Waals surface area contributed by atoms with Gasteiger partial charge in [-0.05, 0) is 18.2 Å². The summed E-state index contributed by atoms with van der Waals surface area (Å²) in [5.74, 6) is -0.299. The fourth-order valence-corrected chi connectivity index (χ4v) is 1.67. The van der Waals surface area contributed by atoms with Gasteiger partial charge in [0, 0.05) is 18.7 Å². The van der Waals surface area contributed by atoms with Crippen molar-refractivity contribution < 1.29 is 15.0 Å². The summed E-state index contributed by atoms with van der Waals surface area (Å²) >= 11 is 11.6. The lowest BCUT2D eigenvalue weighted by atomic mass is 10.2. The van der Waals surface area contributed by atoms with Crippen LogP contribution >= 0.6 is 23.2 Å². The first-order valence-electron chi connectivity index (χ1n) is 5.06. The van der Waals surface area contributed by atoms with Crippen LogP contribution in [0.1, 0.15) is 10.4 Å².